The number of hydrogen-bond donors (Lipinski definition) is 1. The van der Waals surface area contributed by atoms with Gasteiger partial charge >= 0.3 is 0 Å². The average molecular weight is 398 g/mol. The minimum absolute atomic E-state index is 0.0358. The van der Waals surface area contributed by atoms with E-state index in [0.717, 1.165) is 23.5 Å². The molecule has 0 radical (unpaired) electrons. The molecule has 1 saturated heterocycles. The summed E-state index contributed by atoms with van der Waals surface area (Å²) in [5, 5.41) is 7.48. The Morgan fingerprint density at radius 1 is 1.10 bits per heavy atom. The average Bonchev–Trinajstić information content (AvgIpc) is 3.06. The Balaban J connectivity index is 1.54. The van der Waals surface area contributed by atoms with Crippen LogP contribution in [0.5, 0.6) is 0 Å². The fraction of sp³-hybridized carbons (Fsp3) is 0.500. The van der Waals surface area contributed by atoms with E-state index in [1.165, 1.54) is 0 Å². The van der Waals surface area contributed by atoms with E-state index < -0.39 is 0 Å². The minimum atomic E-state index is 0.0358. The lowest BCUT2D eigenvalue weighted by molar-refractivity contribution is -0.123. The van der Waals surface area contributed by atoms with Crippen LogP contribution in [0.2, 0.25) is 0 Å². The van der Waals surface area contributed by atoms with Crippen molar-refractivity contribution in [2.75, 3.05) is 32.7 Å². The van der Waals surface area contributed by atoms with Crippen LogP contribution < -0.4 is 5.32 Å². The van der Waals surface area contributed by atoms with E-state index in [2.05, 4.69) is 22.2 Å². The molecule has 1 atom stereocenters. The Hall–Kier alpha value is -2.67. The fourth-order valence-electron chi connectivity index (χ4n) is 3.55. The first-order valence-electron chi connectivity index (χ1n) is 10.3. The van der Waals surface area contributed by atoms with Crippen molar-refractivity contribution in [2.24, 2.45) is 0 Å². The third-order valence-corrected chi connectivity index (χ3v) is 5.41. The van der Waals surface area contributed by atoms with E-state index in [1.807, 2.05) is 60.7 Å². The first-order chi connectivity index (χ1) is 13.9. The van der Waals surface area contributed by atoms with Crippen LogP contribution in [-0.4, -0.2) is 70.2 Å². The van der Waals surface area contributed by atoms with Crippen LogP contribution in [0.3, 0.4) is 0 Å². The normalized spacial score (nSPS) is 15.9. The third kappa shape index (κ3) is 5.23. The lowest BCUT2D eigenvalue weighted by atomic mass is 10.1. The molecule has 1 aliphatic rings. The molecule has 7 heteroatoms. The first-order valence-corrected chi connectivity index (χ1v) is 10.3. The second-order valence-corrected chi connectivity index (χ2v) is 7.83. The summed E-state index contributed by atoms with van der Waals surface area (Å²) in [6.07, 6.45) is 0.923. The highest BCUT2D eigenvalue weighted by Crippen LogP contribution is 2.15. The van der Waals surface area contributed by atoms with Crippen LogP contribution in [0.4, 0.5) is 0 Å². The highest BCUT2D eigenvalue weighted by molar-refractivity contribution is 5.94. The van der Waals surface area contributed by atoms with Gasteiger partial charge in [0.25, 0.3) is 5.91 Å². The second-order valence-electron chi connectivity index (χ2n) is 7.83. The summed E-state index contributed by atoms with van der Waals surface area (Å²) < 4.78 is 1.88. The van der Waals surface area contributed by atoms with Gasteiger partial charge in [-0.1, -0.05) is 6.92 Å². The molecule has 156 valence electrons. The third-order valence-electron chi connectivity index (χ3n) is 5.41. The molecule has 1 aromatic heterocycles. The summed E-state index contributed by atoms with van der Waals surface area (Å²) >= 11 is 0. The Morgan fingerprint density at radius 3 is 2.31 bits per heavy atom. The number of aromatic nitrogens is 2. The van der Waals surface area contributed by atoms with Crippen LogP contribution in [-0.2, 0) is 4.79 Å². The smallest absolute Gasteiger partial charge is 0.253 e. The van der Waals surface area contributed by atoms with Crippen molar-refractivity contribution in [1.29, 1.82) is 0 Å². The predicted octanol–water partition coefficient (Wildman–Crippen LogP) is 2.16. The maximum absolute atomic E-state index is 12.8. The molecule has 29 heavy (non-hydrogen) atoms. The quantitative estimate of drug-likeness (QED) is 0.811. The molecule has 3 rings (SSSR count). The number of benzene rings is 1. The maximum atomic E-state index is 12.8. The molecule has 1 aromatic carbocycles. The number of hydrogen-bond acceptors (Lipinski definition) is 4. The van der Waals surface area contributed by atoms with Crippen LogP contribution in [0.15, 0.2) is 30.3 Å². The first kappa shape index (κ1) is 21.0. The minimum Gasteiger partial charge on any atom is -0.353 e. The molecule has 2 aromatic rings. The largest absolute Gasteiger partial charge is 0.353 e. The van der Waals surface area contributed by atoms with E-state index >= 15 is 0 Å². The summed E-state index contributed by atoms with van der Waals surface area (Å²) in [5.41, 5.74) is 3.66. The van der Waals surface area contributed by atoms with Gasteiger partial charge in [0.2, 0.25) is 5.91 Å². The highest BCUT2D eigenvalue weighted by Gasteiger charge is 2.23. The highest BCUT2D eigenvalue weighted by atomic mass is 16.2. The van der Waals surface area contributed by atoms with Gasteiger partial charge in [-0.05, 0) is 57.5 Å². The molecule has 0 spiro atoms. The van der Waals surface area contributed by atoms with E-state index in [-0.39, 0.29) is 17.9 Å². The van der Waals surface area contributed by atoms with E-state index in [9.17, 15) is 9.59 Å². The number of carbonyl (C=O) groups excluding carboxylic acids is 2. The SMILES string of the molecule is CCC(C)NC(=O)CN1CCN(C(=O)c2ccc(-n3nc(C)cc3C)cc2)CC1. The van der Waals surface area contributed by atoms with E-state index in [1.54, 1.807) is 0 Å². The summed E-state index contributed by atoms with van der Waals surface area (Å²) in [6, 6.07) is 9.81. The van der Waals surface area contributed by atoms with Gasteiger partial charge in [0, 0.05) is 43.5 Å². The molecule has 2 amide bonds. The zero-order valence-corrected chi connectivity index (χ0v) is 17.8. The van der Waals surface area contributed by atoms with Gasteiger partial charge in [0.05, 0.1) is 17.9 Å². The van der Waals surface area contributed by atoms with Crippen molar-refractivity contribution >= 4 is 11.8 Å². The van der Waals surface area contributed by atoms with Gasteiger partial charge in [-0.15, -0.1) is 0 Å². The number of nitrogens with one attached hydrogen (secondary N) is 1. The number of rotatable bonds is 6. The monoisotopic (exact) mass is 397 g/mol. The molecule has 1 N–H and O–H groups in total. The zero-order valence-electron chi connectivity index (χ0n) is 17.8. The van der Waals surface area contributed by atoms with E-state index in [4.69, 9.17) is 0 Å². The number of piperazine rings is 1. The van der Waals surface area contributed by atoms with Crippen LogP contribution in [0.1, 0.15) is 42.0 Å². The number of amides is 2. The molecule has 1 unspecified atom stereocenters. The zero-order chi connectivity index (χ0) is 21.0. The second kappa shape index (κ2) is 9.22. The molecular formula is C22H31N5O2. The summed E-state index contributed by atoms with van der Waals surface area (Å²) in [4.78, 5) is 28.9. The van der Waals surface area contributed by atoms with Gasteiger partial charge in [-0.3, -0.25) is 14.5 Å². The van der Waals surface area contributed by atoms with Gasteiger partial charge < -0.3 is 10.2 Å². The summed E-state index contributed by atoms with van der Waals surface area (Å²) in [7, 11) is 0. The molecule has 0 saturated carbocycles. The topological polar surface area (TPSA) is 70.5 Å². The van der Waals surface area contributed by atoms with E-state index in [0.29, 0.717) is 38.3 Å². The molecule has 7 nitrogen and oxygen atoms in total. The van der Waals surface area contributed by atoms with Crippen molar-refractivity contribution in [3.63, 3.8) is 0 Å². The lowest BCUT2D eigenvalue weighted by Crippen LogP contribution is -2.51. The van der Waals surface area contributed by atoms with Crippen LogP contribution in [0, 0.1) is 13.8 Å². The van der Waals surface area contributed by atoms with Crippen molar-refractivity contribution in [3.05, 3.63) is 47.3 Å². The summed E-state index contributed by atoms with van der Waals surface area (Å²) in [6.45, 7) is 11.1. The van der Waals surface area contributed by atoms with Crippen molar-refractivity contribution in [3.8, 4) is 5.69 Å². The van der Waals surface area contributed by atoms with Gasteiger partial charge in [0.15, 0.2) is 0 Å². The van der Waals surface area contributed by atoms with Crippen molar-refractivity contribution in [2.45, 2.75) is 40.2 Å². The van der Waals surface area contributed by atoms with Crippen LogP contribution >= 0.6 is 0 Å². The van der Waals surface area contributed by atoms with Crippen molar-refractivity contribution < 1.29 is 9.59 Å². The molecule has 1 fully saturated rings. The predicted molar refractivity (Wildman–Crippen MR) is 113 cm³/mol. The van der Waals surface area contributed by atoms with Crippen molar-refractivity contribution in [1.82, 2.24) is 24.9 Å². The summed E-state index contributed by atoms with van der Waals surface area (Å²) in [5.74, 6) is 0.0903. The number of nitrogens with zero attached hydrogens (tertiary/aromatic N) is 4. The Morgan fingerprint density at radius 2 is 1.76 bits per heavy atom. The van der Waals surface area contributed by atoms with Crippen LogP contribution in [0.25, 0.3) is 5.69 Å². The molecule has 0 bridgehead atoms. The Labute approximate surface area is 172 Å². The standard InChI is InChI=1S/C22H31N5O2/c1-5-16(2)23-21(28)15-25-10-12-26(13-11-25)22(29)19-6-8-20(9-7-19)27-18(4)14-17(3)24-27/h6-9,14,16H,5,10-13,15H2,1-4H3,(H,23,28). The molecule has 1 aliphatic heterocycles. The number of carbonyl (C=O) groups is 2. The molecule has 0 aliphatic carbocycles. The maximum Gasteiger partial charge on any atom is 0.253 e. The van der Waals surface area contributed by atoms with Gasteiger partial charge in [-0.2, -0.15) is 5.10 Å². The van der Waals surface area contributed by atoms with Gasteiger partial charge in [-0.25, -0.2) is 4.68 Å². The fourth-order valence-corrected chi connectivity index (χ4v) is 3.55. The number of aryl methyl sites for hydroxylation is 2. The Bertz CT molecular complexity index is 851. The van der Waals surface area contributed by atoms with Gasteiger partial charge in [0.1, 0.15) is 0 Å². The molecular weight excluding hydrogens is 366 g/mol. The Kier molecular flexibility index (Phi) is 6.69. The lowest BCUT2D eigenvalue weighted by Gasteiger charge is -2.34. The molecule has 2 heterocycles.